The van der Waals surface area contributed by atoms with Crippen LogP contribution in [0.1, 0.15) is 26.5 Å². The van der Waals surface area contributed by atoms with Crippen LogP contribution in [0.4, 0.5) is 4.39 Å². The molecule has 7 heteroatoms. The van der Waals surface area contributed by atoms with Gasteiger partial charge in [0, 0.05) is 5.92 Å². The van der Waals surface area contributed by atoms with E-state index in [1.165, 1.54) is 0 Å². The lowest BCUT2D eigenvalue weighted by Gasteiger charge is -2.17. The summed E-state index contributed by atoms with van der Waals surface area (Å²) in [6.07, 6.45) is -0.650. The van der Waals surface area contributed by atoms with Crippen LogP contribution in [0.5, 0.6) is 0 Å². The summed E-state index contributed by atoms with van der Waals surface area (Å²) in [5.41, 5.74) is -1.88. The summed E-state index contributed by atoms with van der Waals surface area (Å²) in [5.74, 6) is -1.25. The summed E-state index contributed by atoms with van der Waals surface area (Å²) in [5, 5.41) is 10.00. The lowest BCUT2D eigenvalue weighted by Crippen LogP contribution is -2.37. The van der Waals surface area contributed by atoms with Gasteiger partial charge in [0.05, 0.1) is 12.3 Å². The van der Waals surface area contributed by atoms with Crippen molar-refractivity contribution in [1.29, 1.82) is 0 Å². The summed E-state index contributed by atoms with van der Waals surface area (Å²) < 4.78 is 19.6. The molecule has 1 aliphatic heterocycles. The van der Waals surface area contributed by atoms with Crippen LogP contribution >= 0.6 is 0 Å². The zero-order valence-electron chi connectivity index (χ0n) is 10.1. The minimum atomic E-state index is -1.09. The number of aliphatic hydroxyl groups excluding tert-OH is 1. The van der Waals surface area contributed by atoms with E-state index < -0.39 is 29.4 Å². The number of ether oxygens (including phenoxy) is 1. The zero-order valence-corrected chi connectivity index (χ0v) is 10.1. The molecule has 2 rings (SSSR count). The third-order valence-corrected chi connectivity index (χ3v) is 3.33. The summed E-state index contributed by atoms with van der Waals surface area (Å²) in [6, 6.07) is 0. The topological polar surface area (TPSA) is 84.3 Å². The lowest BCUT2D eigenvalue weighted by molar-refractivity contribution is -0.0410. The van der Waals surface area contributed by atoms with Crippen molar-refractivity contribution < 1.29 is 14.2 Å². The van der Waals surface area contributed by atoms with E-state index in [2.05, 4.69) is 0 Å². The molecule has 18 heavy (non-hydrogen) atoms. The van der Waals surface area contributed by atoms with Crippen molar-refractivity contribution in [3.8, 4) is 0 Å². The number of hydrogen-bond acceptors (Lipinski definition) is 4. The van der Waals surface area contributed by atoms with Crippen LogP contribution in [0.3, 0.4) is 0 Å². The fourth-order valence-corrected chi connectivity index (χ4v) is 2.21. The van der Waals surface area contributed by atoms with Gasteiger partial charge in [0.2, 0.25) is 5.82 Å². The van der Waals surface area contributed by atoms with Crippen LogP contribution in [0.2, 0.25) is 0 Å². The van der Waals surface area contributed by atoms with Crippen LogP contribution < -0.4 is 11.2 Å². The highest BCUT2D eigenvalue weighted by Crippen LogP contribution is 2.34. The number of aliphatic hydroxyl groups is 1. The van der Waals surface area contributed by atoms with E-state index >= 15 is 0 Å². The van der Waals surface area contributed by atoms with Gasteiger partial charge in [-0.25, -0.2) is 4.79 Å². The van der Waals surface area contributed by atoms with Crippen molar-refractivity contribution >= 4 is 0 Å². The molecule has 100 valence electrons. The average molecular weight is 258 g/mol. The maximum Gasteiger partial charge on any atom is 0.330 e. The Labute approximate surface area is 102 Å². The quantitative estimate of drug-likeness (QED) is 0.780. The van der Waals surface area contributed by atoms with Gasteiger partial charge in [-0.1, -0.05) is 13.8 Å². The van der Waals surface area contributed by atoms with E-state index in [0.29, 0.717) is 6.42 Å². The average Bonchev–Trinajstić information content (AvgIpc) is 2.61. The summed E-state index contributed by atoms with van der Waals surface area (Å²) >= 11 is 0. The highest BCUT2D eigenvalue weighted by atomic mass is 19.1. The molecule has 0 saturated carbocycles. The SMILES string of the molecule is CCC1OC(n2cc(F)c(=O)[nH]c2=O)C(O)C1C. The van der Waals surface area contributed by atoms with Crippen molar-refractivity contribution in [1.82, 2.24) is 9.55 Å². The van der Waals surface area contributed by atoms with E-state index in [-0.39, 0.29) is 12.0 Å². The normalized spacial score (nSPS) is 31.8. The van der Waals surface area contributed by atoms with Gasteiger partial charge < -0.3 is 9.84 Å². The second-order valence-electron chi connectivity index (χ2n) is 4.47. The molecule has 1 saturated heterocycles. The highest BCUT2D eigenvalue weighted by molar-refractivity contribution is 4.93. The first kappa shape index (κ1) is 13.0. The smallest absolute Gasteiger partial charge is 0.330 e. The first-order chi connectivity index (χ1) is 8.45. The molecule has 0 spiro atoms. The third kappa shape index (κ3) is 1.99. The van der Waals surface area contributed by atoms with Crippen molar-refractivity contribution in [2.75, 3.05) is 0 Å². The summed E-state index contributed by atoms with van der Waals surface area (Å²) in [6.45, 7) is 3.69. The molecular weight excluding hydrogens is 243 g/mol. The highest BCUT2D eigenvalue weighted by Gasteiger charge is 2.41. The van der Waals surface area contributed by atoms with Crippen LogP contribution in [-0.4, -0.2) is 26.9 Å². The molecule has 4 atom stereocenters. The molecule has 1 fully saturated rings. The Hall–Kier alpha value is -1.47. The zero-order chi connectivity index (χ0) is 13.4. The largest absolute Gasteiger partial charge is 0.388 e. The van der Waals surface area contributed by atoms with Gasteiger partial charge in [0.1, 0.15) is 6.10 Å². The predicted molar refractivity (Wildman–Crippen MR) is 60.7 cm³/mol. The number of rotatable bonds is 2. The van der Waals surface area contributed by atoms with Gasteiger partial charge in [-0.2, -0.15) is 4.39 Å². The monoisotopic (exact) mass is 258 g/mol. The second kappa shape index (κ2) is 4.66. The molecule has 0 aliphatic carbocycles. The lowest BCUT2D eigenvalue weighted by atomic mass is 9.99. The van der Waals surface area contributed by atoms with E-state index in [9.17, 15) is 19.1 Å². The molecule has 1 aromatic heterocycles. The van der Waals surface area contributed by atoms with Crippen molar-refractivity contribution in [2.24, 2.45) is 5.92 Å². The molecule has 0 amide bonds. The molecule has 1 aromatic rings. The van der Waals surface area contributed by atoms with Crippen molar-refractivity contribution in [3.05, 3.63) is 32.9 Å². The first-order valence-corrected chi connectivity index (χ1v) is 5.80. The maximum atomic E-state index is 13.2. The molecule has 1 aliphatic rings. The number of aromatic nitrogens is 2. The Balaban J connectivity index is 2.42. The Morgan fingerprint density at radius 3 is 2.78 bits per heavy atom. The van der Waals surface area contributed by atoms with Gasteiger partial charge in [0.25, 0.3) is 5.56 Å². The van der Waals surface area contributed by atoms with Crippen molar-refractivity contribution in [3.63, 3.8) is 0 Å². The van der Waals surface area contributed by atoms with Gasteiger partial charge in [-0.05, 0) is 6.42 Å². The molecule has 0 bridgehead atoms. The molecular formula is C11H15FN2O4. The summed E-state index contributed by atoms with van der Waals surface area (Å²) in [4.78, 5) is 24.3. The van der Waals surface area contributed by atoms with E-state index in [4.69, 9.17) is 4.74 Å². The Morgan fingerprint density at radius 2 is 2.22 bits per heavy atom. The predicted octanol–water partition coefficient (Wildman–Crippen LogP) is -0.0199. The Morgan fingerprint density at radius 1 is 1.56 bits per heavy atom. The van der Waals surface area contributed by atoms with Gasteiger partial charge in [0.15, 0.2) is 6.23 Å². The van der Waals surface area contributed by atoms with E-state index in [0.717, 1.165) is 10.8 Å². The molecule has 0 radical (unpaired) electrons. The minimum Gasteiger partial charge on any atom is -0.388 e. The number of nitrogens with one attached hydrogen (secondary N) is 1. The van der Waals surface area contributed by atoms with E-state index in [1.807, 2.05) is 11.9 Å². The Kier molecular flexibility index (Phi) is 3.36. The Bertz CT molecular complexity index is 553. The number of H-pyrrole nitrogens is 1. The van der Waals surface area contributed by atoms with Crippen LogP contribution in [0.25, 0.3) is 0 Å². The molecule has 0 aromatic carbocycles. The first-order valence-electron chi connectivity index (χ1n) is 5.80. The number of nitrogens with zero attached hydrogens (tertiary/aromatic N) is 1. The fourth-order valence-electron chi connectivity index (χ4n) is 2.21. The number of hydrogen-bond donors (Lipinski definition) is 2. The van der Waals surface area contributed by atoms with Crippen LogP contribution in [0, 0.1) is 11.7 Å². The van der Waals surface area contributed by atoms with E-state index in [1.54, 1.807) is 6.92 Å². The van der Waals surface area contributed by atoms with Gasteiger partial charge in [-0.15, -0.1) is 0 Å². The van der Waals surface area contributed by atoms with Crippen molar-refractivity contribution in [2.45, 2.75) is 38.7 Å². The standard InChI is InChI=1S/C11H15FN2O4/c1-3-7-5(2)8(15)10(18-7)14-4-6(12)9(16)13-11(14)17/h4-5,7-8,10,15H,3H2,1-2H3,(H,13,16,17). The minimum absolute atomic E-state index is 0.165. The van der Waals surface area contributed by atoms with Crippen LogP contribution in [-0.2, 0) is 4.74 Å². The molecule has 2 heterocycles. The third-order valence-electron chi connectivity index (χ3n) is 3.33. The van der Waals surface area contributed by atoms with Gasteiger partial charge >= 0.3 is 5.69 Å². The van der Waals surface area contributed by atoms with Crippen LogP contribution in [0.15, 0.2) is 15.8 Å². The maximum absolute atomic E-state index is 13.2. The number of aromatic amines is 1. The summed E-state index contributed by atoms with van der Waals surface area (Å²) in [7, 11) is 0. The molecule has 6 nitrogen and oxygen atoms in total. The fraction of sp³-hybridized carbons (Fsp3) is 0.636. The number of halogens is 1. The van der Waals surface area contributed by atoms with Gasteiger partial charge in [-0.3, -0.25) is 14.3 Å². The molecule has 4 unspecified atom stereocenters. The molecule has 2 N–H and O–H groups in total. The second-order valence-corrected chi connectivity index (χ2v) is 4.47.